The van der Waals surface area contributed by atoms with Crippen LogP contribution in [0.4, 0.5) is 4.39 Å². The average molecular weight is 654 g/mol. The topological polar surface area (TPSA) is 20.3 Å². The molecule has 1 unspecified atom stereocenters. The van der Waals surface area contributed by atoms with Crippen LogP contribution in [-0.2, 0) is 28.6 Å². The molecule has 1 spiro atoms. The van der Waals surface area contributed by atoms with Crippen LogP contribution in [-0.4, -0.2) is 23.3 Å². The Balaban J connectivity index is 1.40. The molecule has 0 amide bonds. The first-order valence-electron chi connectivity index (χ1n) is 17.9. The molecular formula is C47H40FNO. The highest BCUT2D eigenvalue weighted by Crippen LogP contribution is 2.70. The van der Waals surface area contributed by atoms with Crippen LogP contribution < -0.4 is 0 Å². The number of aryl methyl sites for hydroxylation is 1. The lowest BCUT2D eigenvalue weighted by atomic mass is 9.54. The van der Waals surface area contributed by atoms with Crippen molar-refractivity contribution in [1.29, 1.82) is 0 Å². The number of carbonyl (C=O) groups excluding carboxylic acids is 1. The molecule has 1 fully saturated rings. The van der Waals surface area contributed by atoms with Crippen molar-refractivity contribution < 1.29 is 9.18 Å². The maximum absolute atomic E-state index is 14.2. The van der Waals surface area contributed by atoms with E-state index in [9.17, 15) is 9.18 Å². The van der Waals surface area contributed by atoms with E-state index in [1.807, 2.05) is 12.1 Å². The normalized spacial score (nSPS) is 21.3. The molecule has 50 heavy (non-hydrogen) atoms. The van der Waals surface area contributed by atoms with Crippen molar-refractivity contribution in [2.75, 3.05) is 6.54 Å². The van der Waals surface area contributed by atoms with Gasteiger partial charge in [0.2, 0.25) is 0 Å². The third kappa shape index (κ3) is 4.32. The molecule has 6 aromatic carbocycles. The van der Waals surface area contributed by atoms with Gasteiger partial charge in [0.15, 0.2) is 0 Å². The summed E-state index contributed by atoms with van der Waals surface area (Å²) in [7, 11) is 0. The Labute approximate surface area is 294 Å². The standard InChI is InChI=1S/C47H40FNO/c1-31-45(32(2)50)49-28-26-36-15-9-10-16-42(36)46(49,27-25-33-17-21-39(48)22-18-33)47(31)43-29-37(34-11-5-3-6-12-34)19-23-40(43)41-24-20-38(30-44(41)47)35-13-7-4-8-14-35/h3-24,29-31,45H,25-28H2,1-2H3/t31-,45?,46-/m1/s1. The van der Waals surface area contributed by atoms with Crippen LogP contribution in [0.15, 0.2) is 146 Å². The highest BCUT2D eigenvalue weighted by Gasteiger charge is 2.72. The lowest BCUT2D eigenvalue weighted by molar-refractivity contribution is -0.123. The van der Waals surface area contributed by atoms with E-state index in [4.69, 9.17) is 0 Å². The molecule has 2 aliphatic heterocycles. The Bertz CT molecular complexity index is 2150. The summed E-state index contributed by atoms with van der Waals surface area (Å²) >= 11 is 0. The zero-order valence-electron chi connectivity index (χ0n) is 28.6. The van der Waals surface area contributed by atoms with Crippen LogP contribution in [0.1, 0.15) is 48.1 Å². The molecule has 2 nitrogen and oxygen atoms in total. The maximum Gasteiger partial charge on any atom is 0.147 e. The first-order valence-corrected chi connectivity index (χ1v) is 17.9. The summed E-state index contributed by atoms with van der Waals surface area (Å²) in [4.78, 5) is 16.7. The third-order valence-electron chi connectivity index (χ3n) is 12.2. The first kappa shape index (κ1) is 30.9. The summed E-state index contributed by atoms with van der Waals surface area (Å²) in [5, 5.41) is 0. The number of halogens is 1. The fourth-order valence-corrected chi connectivity index (χ4v) is 10.4. The van der Waals surface area contributed by atoms with E-state index in [1.54, 1.807) is 19.1 Å². The number of Topliss-reactive ketones (excluding diaryl/α,β-unsaturated/α-hetero) is 1. The Hall–Kier alpha value is -5.12. The van der Waals surface area contributed by atoms with Gasteiger partial charge in [-0.3, -0.25) is 9.69 Å². The number of rotatable bonds is 6. The van der Waals surface area contributed by atoms with Crippen LogP contribution in [0.2, 0.25) is 0 Å². The minimum Gasteiger partial charge on any atom is -0.298 e. The molecule has 0 radical (unpaired) electrons. The maximum atomic E-state index is 14.2. The highest BCUT2D eigenvalue weighted by atomic mass is 19.1. The Kier molecular flexibility index (Phi) is 7.26. The van der Waals surface area contributed by atoms with E-state index in [2.05, 4.69) is 133 Å². The van der Waals surface area contributed by atoms with Gasteiger partial charge in [-0.1, -0.05) is 128 Å². The molecule has 1 aliphatic carbocycles. The molecule has 0 N–H and O–H groups in total. The molecule has 3 atom stereocenters. The minimum atomic E-state index is -0.555. The zero-order valence-corrected chi connectivity index (χ0v) is 28.6. The van der Waals surface area contributed by atoms with Crippen molar-refractivity contribution in [3.63, 3.8) is 0 Å². The fraction of sp³-hybridized carbons (Fsp3) is 0.213. The van der Waals surface area contributed by atoms with Gasteiger partial charge in [-0.05, 0) is 118 Å². The molecule has 1 saturated heterocycles. The molecule has 246 valence electrons. The Morgan fingerprint density at radius 2 is 1.24 bits per heavy atom. The SMILES string of the molecule is CC(=O)C1[C@@H](C)C2(c3cc(-c4ccccc4)ccc3-c3ccc(-c4ccccc4)cc32)[C@@]2(CCc3ccc(F)cc3)c3ccccc3CCN12. The van der Waals surface area contributed by atoms with Gasteiger partial charge in [-0.15, -0.1) is 0 Å². The Morgan fingerprint density at radius 1 is 0.680 bits per heavy atom. The van der Waals surface area contributed by atoms with Crippen molar-refractivity contribution in [1.82, 2.24) is 4.90 Å². The summed E-state index contributed by atoms with van der Waals surface area (Å²) in [5.74, 6) is -0.0375. The van der Waals surface area contributed by atoms with Crippen molar-refractivity contribution in [2.45, 2.75) is 50.1 Å². The molecule has 9 rings (SSSR count). The number of hydrogen-bond donors (Lipinski definition) is 0. The number of benzene rings is 6. The molecule has 3 aliphatic rings. The van der Waals surface area contributed by atoms with Crippen LogP contribution >= 0.6 is 0 Å². The monoisotopic (exact) mass is 653 g/mol. The van der Waals surface area contributed by atoms with Gasteiger partial charge in [-0.2, -0.15) is 0 Å². The van der Waals surface area contributed by atoms with Gasteiger partial charge in [-0.25, -0.2) is 4.39 Å². The minimum absolute atomic E-state index is 0.0311. The summed E-state index contributed by atoms with van der Waals surface area (Å²) in [5.41, 5.74) is 12.5. The van der Waals surface area contributed by atoms with E-state index in [0.717, 1.165) is 31.4 Å². The van der Waals surface area contributed by atoms with Crippen LogP contribution in [0.3, 0.4) is 0 Å². The van der Waals surface area contributed by atoms with Crippen molar-refractivity contribution in [2.24, 2.45) is 5.92 Å². The summed E-state index contributed by atoms with van der Waals surface area (Å²) < 4.78 is 14.2. The molecular weight excluding hydrogens is 614 g/mol. The van der Waals surface area contributed by atoms with Gasteiger partial charge < -0.3 is 0 Å². The average Bonchev–Trinajstić information content (AvgIpc) is 3.58. The highest BCUT2D eigenvalue weighted by molar-refractivity contribution is 5.91. The van der Waals surface area contributed by atoms with Crippen LogP contribution in [0.5, 0.6) is 0 Å². The second-order valence-corrected chi connectivity index (χ2v) is 14.5. The number of nitrogens with zero attached hydrogens (tertiary/aromatic N) is 1. The van der Waals surface area contributed by atoms with E-state index < -0.39 is 11.0 Å². The first-order chi connectivity index (χ1) is 24.4. The second-order valence-electron chi connectivity index (χ2n) is 14.5. The summed E-state index contributed by atoms with van der Waals surface area (Å²) in [6.07, 6.45) is 2.44. The van der Waals surface area contributed by atoms with E-state index in [1.165, 1.54) is 55.6 Å². The van der Waals surface area contributed by atoms with Crippen LogP contribution in [0, 0.1) is 11.7 Å². The van der Waals surface area contributed by atoms with Gasteiger partial charge in [0, 0.05) is 12.0 Å². The van der Waals surface area contributed by atoms with Crippen molar-refractivity contribution >= 4 is 5.78 Å². The zero-order chi connectivity index (χ0) is 34.0. The largest absolute Gasteiger partial charge is 0.298 e. The Morgan fingerprint density at radius 3 is 1.82 bits per heavy atom. The molecule has 0 bridgehead atoms. The van der Waals surface area contributed by atoms with E-state index >= 15 is 0 Å². The molecule has 0 aromatic heterocycles. The predicted molar refractivity (Wildman–Crippen MR) is 200 cm³/mol. The van der Waals surface area contributed by atoms with Crippen LogP contribution in [0.25, 0.3) is 33.4 Å². The quantitative estimate of drug-likeness (QED) is 0.178. The summed E-state index contributed by atoms with van der Waals surface area (Å²) in [6.45, 7) is 4.94. The summed E-state index contributed by atoms with van der Waals surface area (Å²) in [6, 6.07) is 51.1. The molecule has 6 aromatic rings. The molecule has 2 heterocycles. The lowest BCUT2D eigenvalue weighted by Crippen LogP contribution is -2.58. The second kappa shape index (κ2) is 11.7. The predicted octanol–water partition coefficient (Wildman–Crippen LogP) is 10.4. The molecule has 3 heteroatoms. The van der Waals surface area contributed by atoms with E-state index in [-0.39, 0.29) is 23.6 Å². The van der Waals surface area contributed by atoms with E-state index in [0.29, 0.717) is 0 Å². The number of ketones is 1. The third-order valence-corrected chi connectivity index (χ3v) is 12.2. The van der Waals surface area contributed by atoms with Gasteiger partial charge in [0.05, 0.1) is 11.6 Å². The van der Waals surface area contributed by atoms with Gasteiger partial charge in [0.1, 0.15) is 11.6 Å². The number of hydrogen-bond acceptors (Lipinski definition) is 2. The van der Waals surface area contributed by atoms with Crippen molar-refractivity contribution in [3.05, 3.63) is 179 Å². The lowest BCUT2D eigenvalue weighted by Gasteiger charge is -2.54. The van der Waals surface area contributed by atoms with Gasteiger partial charge >= 0.3 is 0 Å². The number of fused-ring (bicyclic) bond motifs is 9. The smallest absolute Gasteiger partial charge is 0.147 e. The molecule has 0 saturated carbocycles. The fourth-order valence-electron chi connectivity index (χ4n) is 10.4. The van der Waals surface area contributed by atoms with Gasteiger partial charge in [0.25, 0.3) is 0 Å². The number of carbonyl (C=O) groups is 1. The van der Waals surface area contributed by atoms with Crippen molar-refractivity contribution in [3.8, 4) is 33.4 Å².